The first-order valence-corrected chi connectivity index (χ1v) is 8.51. The van der Waals surface area contributed by atoms with Crippen molar-refractivity contribution in [2.75, 3.05) is 25.5 Å². The molecule has 0 atom stereocenters. The van der Waals surface area contributed by atoms with Gasteiger partial charge in [0.2, 0.25) is 5.95 Å². The predicted molar refractivity (Wildman–Crippen MR) is 112 cm³/mol. The van der Waals surface area contributed by atoms with Crippen molar-refractivity contribution in [1.29, 1.82) is 0 Å². The van der Waals surface area contributed by atoms with E-state index in [9.17, 15) is 26.3 Å². The van der Waals surface area contributed by atoms with Crippen molar-refractivity contribution in [1.82, 2.24) is 20.6 Å². The summed E-state index contributed by atoms with van der Waals surface area (Å²) in [5, 5.41) is 8.31. The molecule has 0 saturated heterocycles. The van der Waals surface area contributed by atoms with E-state index in [4.69, 9.17) is 0 Å². The molecule has 1 aromatic carbocycles. The Labute approximate surface area is 190 Å². The monoisotopic (exact) mass is 564 g/mol. The Balaban J connectivity index is 0.00000480. The minimum absolute atomic E-state index is 0. The number of ether oxygens (including phenoxy) is 1. The number of hydrogen-bond acceptors (Lipinski definition) is 5. The van der Waals surface area contributed by atoms with E-state index in [0.29, 0.717) is 0 Å². The minimum atomic E-state index is -4.81. The second-order valence-electron chi connectivity index (χ2n) is 5.70. The van der Waals surface area contributed by atoms with Crippen LogP contribution in [-0.2, 0) is 12.7 Å². The van der Waals surface area contributed by atoms with Gasteiger partial charge in [-0.2, -0.15) is 13.2 Å². The van der Waals surface area contributed by atoms with Crippen LogP contribution in [0.15, 0.2) is 41.5 Å². The lowest BCUT2D eigenvalue weighted by Gasteiger charge is -2.16. The molecule has 0 amide bonds. The Morgan fingerprint density at radius 1 is 1.03 bits per heavy atom. The first kappa shape index (κ1) is 26.5. The first-order valence-electron chi connectivity index (χ1n) is 8.51. The van der Waals surface area contributed by atoms with Crippen molar-refractivity contribution in [2.24, 2.45) is 4.99 Å². The number of hydrogen-bond donors (Lipinski definition) is 3. The third-order valence-corrected chi connectivity index (χ3v) is 3.51. The molecule has 0 spiro atoms. The molecule has 2 aromatic rings. The van der Waals surface area contributed by atoms with E-state index in [0.717, 1.165) is 12.3 Å². The summed E-state index contributed by atoms with van der Waals surface area (Å²) in [6.45, 7) is 0.381. The van der Waals surface area contributed by atoms with Gasteiger partial charge in [0.1, 0.15) is 11.4 Å². The second kappa shape index (κ2) is 11.8. The van der Waals surface area contributed by atoms with Crippen molar-refractivity contribution >= 4 is 35.9 Å². The van der Waals surface area contributed by atoms with E-state index in [1.54, 1.807) is 6.07 Å². The van der Waals surface area contributed by atoms with Gasteiger partial charge in [-0.3, -0.25) is 4.99 Å². The maximum Gasteiger partial charge on any atom is 0.573 e. The maximum absolute atomic E-state index is 12.6. The van der Waals surface area contributed by atoms with E-state index in [1.807, 2.05) is 0 Å². The van der Waals surface area contributed by atoms with Crippen LogP contribution in [0.2, 0.25) is 0 Å². The smallest absolute Gasteiger partial charge is 0.405 e. The Morgan fingerprint density at radius 2 is 1.74 bits per heavy atom. The number of alkyl halides is 6. The summed E-state index contributed by atoms with van der Waals surface area (Å²) in [5.74, 6) is -0.257. The van der Waals surface area contributed by atoms with Crippen LogP contribution in [0.25, 0.3) is 0 Å². The fourth-order valence-electron chi connectivity index (χ4n) is 2.23. The van der Waals surface area contributed by atoms with Gasteiger partial charge >= 0.3 is 12.5 Å². The van der Waals surface area contributed by atoms with Gasteiger partial charge in [0.15, 0.2) is 5.96 Å². The van der Waals surface area contributed by atoms with E-state index < -0.39 is 18.2 Å². The average Bonchev–Trinajstić information content (AvgIpc) is 2.67. The number of aliphatic imine (C=N–C) groups is 1. The molecule has 0 aliphatic heterocycles. The van der Waals surface area contributed by atoms with Crippen LogP contribution < -0.4 is 20.7 Å². The summed E-state index contributed by atoms with van der Waals surface area (Å²) in [4.78, 5) is 11.0. The Morgan fingerprint density at radius 3 is 2.39 bits per heavy atom. The van der Waals surface area contributed by atoms with Gasteiger partial charge in [0, 0.05) is 38.4 Å². The van der Waals surface area contributed by atoms with Crippen molar-refractivity contribution in [3.63, 3.8) is 0 Å². The molecule has 31 heavy (non-hydrogen) atoms. The minimum Gasteiger partial charge on any atom is -0.405 e. The lowest BCUT2D eigenvalue weighted by Crippen LogP contribution is -2.39. The van der Waals surface area contributed by atoms with Gasteiger partial charge in [-0.1, -0.05) is 18.2 Å². The van der Waals surface area contributed by atoms with Gasteiger partial charge in [-0.15, -0.1) is 37.1 Å². The van der Waals surface area contributed by atoms with Crippen LogP contribution in [0.3, 0.4) is 0 Å². The van der Waals surface area contributed by atoms with Crippen LogP contribution in [0.4, 0.5) is 32.3 Å². The number of anilines is 1. The molecule has 1 aromatic heterocycles. The van der Waals surface area contributed by atoms with E-state index >= 15 is 0 Å². The second-order valence-corrected chi connectivity index (χ2v) is 5.70. The number of aromatic nitrogens is 2. The molecule has 14 heteroatoms. The third-order valence-electron chi connectivity index (χ3n) is 3.51. The Bertz CT molecular complexity index is 861. The van der Waals surface area contributed by atoms with E-state index in [1.165, 1.54) is 25.2 Å². The molecular formula is C17H19F6IN6O. The lowest BCUT2D eigenvalue weighted by atomic mass is 10.2. The summed E-state index contributed by atoms with van der Waals surface area (Å²) in [6.07, 6.45) is -8.39. The Kier molecular flexibility index (Phi) is 10.1. The quantitative estimate of drug-likeness (QED) is 0.156. The van der Waals surface area contributed by atoms with Gasteiger partial charge in [0.25, 0.3) is 0 Å². The number of guanidine groups is 1. The lowest BCUT2D eigenvalue weighted by molar-refractivity contribution is -0.274. The highest BCUT2D eigenvalue weighted by atomic mass is 127. The summed E-state index contributed by atoms with van der Waals surface area (Å²) in [7, 11) is 1.46. The molecule has 0 fully saturated rings. The van der Waals surface area contributed by atoms with Crippen molar-refractivity contribution in [2.45, 2.75) is 19.1 Å². The predicted octanol–water partition coefficient (Wildman–Crippen LogP) is 3.79. The van der Waals surface area contributed by atoms with Crippen molar-refractivity contribution in [3.05, 3.63) is 47.8 Å². The number of para-hydroxylation sites is 1. The fourth-order valence-corrected chi connectivity index (χ4v) is 2.23. The molecule has 1 heterocycles. The summed E-state index contributed by atoms with van der Waals surface area (Å²) >= 11 is 0. The SMILES string of the molecule is CN=C(NCCNc1nccc(C(F)(F)F)n1)NCc1ccccc1OC(F)(F)F.I. The van der Waals surface area contributed by atoms with Gasteiger partial charge < -0.3 is 20.7 Å². The molecule has 0 saturated carbocycles. The molecule has 3 N–H and O–H groups in total. The topological polar surface area (TPSA) is 83.5 Å². The van der Waals surface area contributed by atoms with Crippen molar-refractivity contribution < 1.29 is 31.1 Å². The zero-order chi connectivity index (χ0) is 22.2. The van der Waals surface area contributed by atoms with Crippen molar-refractivity contribution in [3.8, 4) is 5.75 Å². The Hall–Kier alpha value is -2.52. The summed E-state index contributed by atoms with van der Waals surface area (Å²) < 4.78 is 79.2. The molecule has 2 rings (SSSR count). The summed E-state index contributed by atoms with van der Waals surface area (Å²) in [5.41, 5.74) is -0.807. The molecule has 0 aliphatic rings. The highest BCUT2D eigenvalue weighted by Gasteiger charge is 2.33. The van der Waals surface area contributed by atoms with Crippen LogP contribution in [0.5, 0.6) is 5.75 Å². The van der Waals surface area contributed by atoms with E-state index in [2.05, 4.69) is 35.6 Å². The van der Waals surface area contributed by atoms with Gasteiger partial charge in [0.05, 0.1) is 0 Å². The molecule has 172 valence electrons. The highest BCUT2D eigenvalue weighted by molar-refractivity contribution is 14.0. The molecular weight excluding hydrogens is 545 g/mol. The first-order chi connectivity index (χ1) is 14.1. The van der Waals surface area contributed by atoms with Crippen LogP contribution >= 0.6 is 24.0 Å². The number of rotatable bonds is 7. The molecule has 0 aliphatic carbocycles. The zero-order valence-corrected chi connectivity index (χ0v) is 18.3. The van der Waals surface area contributed by atoms with Crippen LogP contribution in [0.1, 0.15) is 11.3 Å². The third kappa shape index (κ3) is 9.44. The molecule has 0 radical (unpaired) electrons. The van der Waals surface area contributed by atoms with Gasteiger partial charge in [-0.05, 0) is 12.1 Å². The number of benzene rings is 1. The van der Waals surface area contributed by atoms with E-state index in [-0.39, 0.29) is 66.8 Å². The number of nitrogens with one attached hydrogen (secondary N) is 3. The molecule has 7 nitrogen and oxygen atoms in total. The maximum atomic E-state index is 12.6. The highest BCUT2D eigenvalue weighted by Crippen LogP contribution is 2.27. The standard InChI is InChI=1S/C17H18F6N6O.HI/c1-24-14(28-10-11-4-2-3-5-12(11)30-17(21,22)23)26-8-9-27-15-25-7-6-13(29-15)16(18,19)20;/h2-7H,8-10H2,1H3,(H2,24,26,28)(H,25,27,29);1H. The fraction of sp³-hybridized carbons (Fsp3) is 0.353. The normalized spacial score (nSPS) is 12.0. The zero-order valence-electron chi connectivity index (χ0n) is 16.0. The molecule has 0 unspecified atom stereocenters. The largest absolute Gasteiger partial charge is 0.573 e. The average molecular weight is 564 g/mol. The molecule has 0 bridgehead atoms. The van der Waals surface area contributed by atoms with Gasteiger partial charge in [-0.25, -0.2) is 9.97 Å². The number of nitrogens with zero attached hydrogens (tertiary/aromatic N) is 3. The summed E-state index contributed by atoms with van der Waals surface area (Å²) in [6, 6.07) is 6.40. The van der Waals surface area contributed by atoms with Crippen LogP contribution in [0, 0.1) is 0 Å². The van der Waals surface area contributed by atoms with Crippen LogP contribution in [-0.4, -0.2) is 42.4 Å². The number of halogens is 7.